The monoisotopic (exact) mass is 197 g/mol. The molecule has 0 saturated heterocycles. The Morgan fingerprint density at radius 3 is 2.50 bits per heavy atom. The molecule has 0 aromatic carbocycles. The summed E-state index contributed by atoms with van der Waals surface area (Å²) in [5.41, 5.74) is -0.387. The zero-order valence-electron chi connectivity index (χ0n) is 9.26. The predicted octanol–water partition coefficient (Wildman–Crippen LogP) is 2.07. The molecule has 82 valence electrons. The van der Waals surface area contributed by atoms with Crippen molar-refractivity contribution >= 4 is 0 Å². The third-order valence-corrected chi connectivity index (χ3v) is 3.87. The zero-order valence-corrected chi connectivity index (χ0v) is 9.26. The van der Waals surface area contributed by atoms with E-state index in [1.54, 1.807) is 0 Å². The van der Waals surface area contributed by atoms with Crippen molar-refractivity contribution in [2.45, 2.75) is 63.5 Å². The van der Waals surface area contributed by atoms with Crippen LogP contribution in [0.15, 0.2) is 0 Å². The number of hydrogen-bond acceptors (Lipinski definition) is 2. The highest BCUT2D eigenvalue weighted by atomic mass is 16.3. The molecular formula is C12H23NO. The largest absolute Gasteiger partial charge is 0.389 e. The third-order valence-electron chi connectivity index (χ3n) is 3.87. The van der Waals surface area contributed by atoms with E-state index in [0.29, 0.717) is 6.04 Å². The number of nitrogens with one attached hydrogen (secondary N) is 1. The van der Waals surface area contributed by atoms with Crippen LogP contribution in [0.25, 0.3) is 0 Å². The highest BCUT2D eigenvalue weighted by Gasteiger charge is 2.32. The zero-order chi connectivity index (χ0) is 10.0. The smallest absolute Gasteiger partial charge is 0.0771 e. The number of rotatable bonds is 4. The van der Waals surface area contributed by atoms with Crippen LogP contribution >= 0.6 is 0 Å². The predicted molar refractivity (Wildman–Crippen MR) is 58.2 cm³/mol. The fourth-order valence-electron chi connectivity index (χ4n) is 2.50. The molecule has 0 aromatic heterocycles. The average molecular weight is 197 g/mol. The topological polar surface area (TPSA) is 32.3 Å². The molecule has 2 fully saturated rings. The van der Waals surface area contributed by atoms with Crippen molar-refractivity contribution in [1.29, 1.82) is 0 Å². The third kappa shape index (κ3) is 2.71. The molecule has 0 amide bonds. The van der Waals surface area contributed by atoms with Gasteiger partial charge in [0.2, 0.25) is 0 Å². The van der Waals surface area contributed by atoms with Crippen molar-refractivity contribution in [3.63, 3.8) is 0 Å². The van der Waals surface area contributed by atoms with E-state index in [1.165, 1.54) is 32.1 Å². The maximum Gasteiger partial charge on any atom is 0.0771 e. The van der Waals surface area contributed by atoms with Gasteiger partial charge in [-0.25, -0.2) is 0 Å². The Morgan fingerprint density at radius 2 is 1.93 bits per heavy atom. The molecule has 2 rings (SSSR count). The number of hydrogen-bond donors (Lipinski definition) is 2. The maximum atomic E-state index is 10.3. The van der Waals surface area contributed by atoms with Crippen molar-refractivity contribution in [2.24, 2.45) is 5.92 Å². The Bertz CT molecular complexity index is 183. The molecule has 0 radical (unpaired) electrons. The van der Waals surface area contributed by atoms with Crippen LogP contribution in [0.5, 0.6) is 0 Å². The summed E-state index contributed by atoms with van der Waals surface area (Å²) in [6.45, 7) is 3.06. The summed E-state index contributed by atoms with van der Waals surface area (Å²) in [4.78, 5) is 0. The standard InChI is InChI=1S/C12H23NO/c1-10(11-5-6-11)13-9-12(14)7-3-2-4-8-12/h10-11,13-14H,2-9H2,1H3/t10-/m0/s1. The molecule has 2 nitrogen and oxygen atoms in total. The van der Waals surface area contributed by atoms with E-state index in [2.05, 4.69) is 12.2 Å². The van der Waals surface area contributed by atoms with Crippen molar-refractivity contribution in [2.75, 3.05) is 6.54 Å². The van der Waals surface area contributed by atoms with Crippen LogP contribution in [0.1, 0.15) is 51.9 Å². The van der Waals surface area contributed by atoms with Crippen LogP contribution in [-0.2, 0) is 0 Å². The summed E-state index contributed by atoms with van der Waals surface area (Å²) in [5.74, 6) is 0.891. The van der Waals surface area contributed by atoms with Crippen LogP contribution in [-0.4, -0.2) is 23.3 Å². The first-order valence-corrected chi connectivity index (χ1v) is 6.15. The molecule has 2 aliphatic rings. The van der Waals surface area contributed by atoms with Crippen molar-refractivity contribution in [1.82, 2.24) is 5.32 Å². The summed E-state index contributed by atoms with van der Waals surface area (Å²) < 4.78 is 0. The minimum Gasteiger partial charge on any atom is -0.389 e. The molecule has 2 heteroatoms. The van der Waals surface area contributed by atoms with Crippen LogP contribution in [0, 0.1) is 5.92 Å². The first-order valence-electron chi connectivity index (χ1n) is 6.15. The molecule has 0 unspecified atom stereocenters. The van der Waals surface area contributed by atoms with Crippen LogP contribution < -0.4 is 5.32 Å². The summed E-state index contributed by atoms with van der Waals surface area (Å²) in [5, 5.41) is 13.8. The molecule has 0 heterocycles. The van der Waals surface area contributed by atoms with Crippen molar-refractivity contribution in [3.05, 3.63) is 0 Å². The maximum absolute atomic E-state index is 10.3. The summed E-state index contributed by atoms with van der Waals surface area (Å²) in [6.07, 6.45) is 8.47. The van der Waals surface area contributed by atoms with Gasteiger partial charge in [-0.15, -0.1) is 0 Å². The van der Waals surface area contributed by atoms with E-state index >= 15 is 0 Å². The Labute approximate surface area is 87.1 Å². The van der Waals surface area contributed by atoms with Gasteiger partial charge in [-0.3, -0.25) is 0 Å². The van der Waals surface area contributed by atoms with Gasteiger partial charge in [-0.2, -0.15) is 0 Å². The van der Waals surface area contributed by atoms with Gasteiger partial charge in [0.1, 0.15) is 0 Å². The SMILES string of the molecule is C[C@H](NCC1(O)CCCCC1)C1CC1. The lowest BCUT2D eigenvalue weighted by molar-refractivity contribution is 0.00256. The number of aliphatic hydroxyl groups is 1. The lowest BCUT2D eigenvalue weighted by atomic mass is 9.84. The van der Waals surface area contributed by atoms with Gasteiger partial charge in [0, 0.05) is 12.6 Å². The molecule has 2 N–H and O–H groups in total. The minimum atomic E-state index is -0.387. The van der Waals surface area contributed by atoms with Gasteiger partial charge in [0.15, 0.2) is 0 Å². The average Bonchev–Trinajstić information content (AvgIpc) is 2.99. The highest BCUT2D eigenvalue weighted by molar-refractivity contribution is 4.89. The molecule has 2 saturated carbocycles. The molecule has 14 heavy (non-hydrogen) atoms. The second-order valence-electron chi connectivity index (χ2n) is 5.29. The van der Waals surface area contributed by atoms with E-state index in [9.17, 15) is 5.11 Å². The van der Waals surface area contributed by atoms with E-state index < -0.39 is 0 Å². The van der Waals surface area contributed by atoms with Gasteiger partial charge in [-0.1, -0.05) is 19.3 Å². The Kier molecular flexibility index (Phi) is 3.13. The molecular weight excluding hydrogens is 174 g/mol. The second kappa shape index (κ2) is 4.19. The highest BCUT2D eigenvalue weighted by Crippen LogP contribution is 2.33. The Morgan fingerprint density at radius 1 is 1.29 bits per heavy atom. The summed E-state index contributed by atoms with van der Waals surface area (Å²) in [7, 11) is 0. The first-order chi connectivity index (χ1) is 6.70. The van der Waals surface area contributed by atoms with E-state index in [4.69, 9.17) is 0 Å². The molecule has 0 aliphatic heterocycles. The molecule has 0 bridgehead atoms. The van der Waals surface area contributed by atoms with E-state index in [1.807, 2.05) is 0 Å². The van der Waals surface area contributed by atoms with Crippen LogP contribution in [0.2, 0.25) is 0 Å². The Hall–Kier alpha value is -0.0800. The second-order valence-corrected chi connectivity index (χ2v) is 5.29. The fraction of sp³-hybridized carbons (Fsp3) is 1.00. The first kappa shape index (κ1) is 10.4. The van der Waals surface area contributed by atoms with Crippen LogP contribution in [0.4, 0.5) is 0 Å². The normalized spacial score (nSPS) is 28.7. The fourth-order valence-corrected chi connectivity index (χ4v) is 2.50. The molecule has 1 atom stereocenters. The van der Waals surface area contributed by atoms with Gasteiger partial charge >= 0.3 is 0 Å². The molecule has 2 aliphatic carbocycles. The summed E-state index contributed by atoms with van der Waals surface area (Å²) in [6, 6.07) is 0.612. The van der Waals surface area contributed by atoms with Gasteiger partial charge in [0.25, 0.3) is 0 Å². The van der Waals surface area contributed by atoms with Gasteiger partial charge in [-0.05, 0) is 38.5 Å². The minimum absolute atomic E-state index is 0.387. The lowest BCUT2D eigenvalue weighted by Crippen LogP contribution is -2.45. The van der Waals surface area contributed by atoms with Crippen molar-refractivity contribution < 1.29 is 5.11 Å². The van der Waals surface area contributed by atoms with E-state index in [0.717, 1.165) is 25.3 Å². The quantitative estimate of drug-likeness (QED) is 0.723. The van der Waals surface area contributed by atoms with Crippen molar-refractivity contribution in [3.8, 4) is 0 Å². The Balaban J connectivity index is 1.71. The lowest BCUT2D eigenvalue weighted by Gasteiger charge is -2.33. The molecule has 0 spiro atoms. The molecule has 0 aromatic rings. The van der Waals surface area contributed by atoms with Gasteiger partial charge in [0.05, 0.1) is 5.60 Å². The van der Waals surface area contributed by atoms with E-state index in [-0.39, 0.29) is 5.60 Å². The van der Waals surface area contributed by atoms with Crippen LogP contribution in [0.3, 0.4) is 0 Å². The van der Waals surface area contributed by atoms with Gasteiger partial charge < -0.3 is 10.4 Å². The summed E-state index contributed by atoms with van der Waals surface area (Å²) >= 11 is 0.